The van der Waals surface area contributed by atoms with E-state index in [1.807, 2.05) is 0 Å². The number of aromatic nitrogens is 2. The summed E-state index contributed by atoms with van der Waals surface area (Å²) in [6.45, 7) is 0. The molecule has 6 heteroatoms. The molecule has 2 rings (SSSR count). The van der Waals surface area contributed by atoms with Gasteiger partial charge in [-0.05, 0) is 34.1 Å². The average molecular weight is 298 g/mol. The van der Waals surface area contributed by atoms with Crippen molar-refractivity contribution >= 4 is 27.4 Å². The van der Waals surface area contributed by atoms with Crippen LogP contribution in [0.2, 0.25) is 0 Å². The van der Waals surface area contributed by atoms with Crippen molar-refractivity contribution in [1.82, 2.24) is 9.97 Å². The van der Waals surface area contributed by atoms with Crippen molar-refractivity contribution in [2.45, 2.75) is 0 Å². The second-order valence-corrected chi connectivity index (χ2v) is 4.20. The lowest BCUT2D eigenvalue weighted by molar-refractivity contribution is 0.628. The van der Waals surface area contributed by atoms with E-state index in [-0.39, 0.29) is 11.4 Å². The van der Waals surface area contributed by atoms with Crippen molar-refractivity contribution in [3.8, 4) is 0 Å². The van der Waals surface area contributed by atoms with Gasteiger partial charge in [0.05, 0.1) is 6.33 Å². The van der Waals surface area contributed by atoms with E-state index >= 15 is 0 Å². The molecule has 0 aliphatic rings. The van der Waals surface area contributed by atoms with E-state index in [1.54, 1.807) is 24.1 Å². The van der Waals surface area contributed by atoms with E-state index in [0.717, 1.165) is 0 Å². The van der Waals surface area contributed by atoms with Gasteiger partial charge < -0.3 is 9.88 Å². The molecule has 0 bridgehead atoms. The molecule has 4 nitrogen and oxygen atoms in total. The number of benzene rings is 1. The summed E-state index contributed by atoms with van der Waals surface area (Å²) >= 11 is 3.15. The minimum Gasteiger partial charge on any atom is -0.328 e. The molecule has 1 aromatic heterocycles. The smallest absolute Gasteiger partial charge is 0.267 e. The van der Waals surface area contributed by atoms with Gasteiger partial charge in [-0.1, -0.05) is 6.07 Å². The molecule has 0 amide bonds. The van der Waals surface area contributed by atoms with Crippen LogP contribution in [0.25, 0.3) is 0 Å². The summed E-state index contributed by atoms with van der Waals surface area (Å²) < 4.78 is 13.4. The first-order valence-electron chi connectivity index (χ1n) is 4.82. The summed E-state index contributed by atoms with van der Waals surface area (Å²) in [7, 11) is 1.71. The Kier molecular flexibility index (Phi) is 3.23. The van der Waals surface area contributed by atoms with E-state index in [4.69, 9.17) is 0 Å². The van der Waals surface area contributed by atoms with Gasteiger partial charge in [0.15, 0.2) is 5.82 Å². The van der Waals surface area contributed by atoms with E-state index in [9.17, 15) is 9.18 Å². The molecule has 0 radical (unpaired) electrons. The van der Waals surface area contributed by atoms with Gasteiger partial charge >= 0.3 is 0 Å². The largest absolute Gasteiger partial charge is 0.328 e. The summed E-state index contributed by atoms with van der Waals surface area (Å²) in [4.78, 5) is 19.5. The van der Waals surface area contributed by atoms with E-state index in [0.29, 0.717) is 16.0 Å². The highest BCUT2D eigenvalue weighted by Crippen LogP contribution is 2.25. The molecule has 0 aliphatic carbocycles. The van der Waals surface area contributed by atoms with Gasteiger partial charge in [-0.3, -0.25) is 4.79 Å². The zero-order valence-electron chi connectivity index (χ0n) is 8.95. The summed E-state index contributed by atoms with van der Waals surface area (Å²) in [5.74, 6) is 0.0923. The molecule has 88 valence electrons. The number of hydrogen-bond donors (Lipinski definition) is 1. The SMILES string of the molecule is CN(c1cccc(F)c1)c1nc[nH]c(=O)c1Br. The van der Waals surface area contributed by atoms with Crippen molar-refractivity contribution in [3.63, 3.8) is 0 Å². The molecule has 0 spiro atoms. The first-order valence-corrected chi connectivity index (χ1v) is 5.61. The predicted octanol–water partition coefficient (Wildman–Crippen LogP) is 2.44. The number of nitrogens with zero attached hydrogens (tertiary/aromatic N) is 2. The third-order valence-electron chi connectivity index (χ3n) is 2.29. The first-order chi connectivity index (χ1) is 8.09. The third kappa shape index (κ3) is 2.36. The lowest BCUT2D eigenvalue weighted by atomic mass is 10.3. The standard InChI is InChI=1S/C11H9BrFN3O/c1-16(8-4-2-3-7(13)5-8)10-9(12)11(17)15-6-14-10/h2-6H,1H3,(H,14,15,17). The number of anilines is 2. The first kappa shape index (κ1) is 11.8. The molecule has 0 saturated carbocycles. The van der Waals surface area contributed by atoms with Crippen LogP contribution in [0, 0.1) is 5.82 Å². The zero-order chi connectivity index (χ0) is 12.4. The Morgan fingerprint density at radius 3 is 2.94 bits per heavy atom. The van der Waals surface area contributed by atoms with Crippen LogP contribution in [0.3, 0.4) is 0 Å². The van der Waals surface area contributed by atoms with Crippen LogP contribution in [0.4, 0.5) is 15.9 Å². The van der Waals surface area contributed by atoms with Crippen LogP contribution < -0.4 is 10.5 Å². The maximum Gasteiger partial charge on any atom is 0.267 e. The minimum atomic E-state index is -0.338. The van der Waals surface area contributed by atoms with Gasteiger partial charge in [-0.25, -0.2) is 9.37 Å². The Morgan fingerprint density at radius 2 is 2.24 bits per heavy atom. The Labute approximate surface area is 105 Å². The highest BCUT2D eigenvalue weighted by atomic mass is 79.9. The van der Waals surface area contributed by atoms with Gasteiger partial charge in [0.2, 0.25) is 0 Å². The van der Waals surface area contributed by atoms with E-state index in [2.05, 4.69) is 25.9 Å². The fourth-order valence-corrected chi connectivity index (χ4v) is 1.90. The Balaban J connectivity index is 2.47. The number of aromatic amines is 1. The van der Waals surface area contributed by atoms with Crippen molar-refractivity contribution in [2.24, 2.45) is 0 Å². The average Bonchev–Trinajstić information content (AvgIpc) is 2.32. The lowest BCUT2D eigenvalue weighted by Gasteiger charge is -2.18. The predicted molar refractivity (Wildman–Crippen MR) is 67.0 cm³/mol. The molecule has 0 atom stereocenters. The van der Waals surface area contributed by atoms with Gasteiger partial charge in [0.1, 0.15) is 10.3 Å². The van der Waals surface area contributed by atoms with Crippen LogP contribution in [0.15, 0.2) is 39.9 Å². The summed E-state index contributed by atoms with van der Waals surface area (Å²) in [5.41, 5.74) is 0.335. The van der Waals surface area contributed by atoms with Crippen molar-refractivity contribution in [2.75, 3.05) is 11.9 Å². The maximum atomic E-state index is 13.1. The van der Waals surface area contributed by atoms with Gasteiger partial charge in [0.25, 0.3) is 5.56 Å². The van der Waals surface area contributed by atoms with Crippen LogP contribution in [0.1, 0.15) is 0 Å². The summed E-state index contributed by atoms with van der Waals surface area (Å²) in [6.07, 6.45) is 1.30. The quantitative estimate of drug-likeness (QED) is 0.926. The van der Waals surface area contributed by atoms with E-state index < -0.39 is 0 Å². The van der Waals surface area contributed by atoms with Crippen molar-refractivity contribution in [3.05, 3.63) is 51.2 Å². The Hall–Kier alpha value is -1.69. The molecule has 0 fully saturated rings. The highest BCUT2D eigenvalue weighted by Gasteiger charge is 2.12. The molecule has 0 saturated heterocycles. The van der Waals surface area contributed by atoms with Gasteiger partial charge in [-0.2, -0.15) is 0 Å². The van der Waals surface area contributed by atoms with E-state index in [1.165, 1.54) is 18.5 Å². The number of halogens is 2. The molecule has 2 aromatic rings. The highest BCUT2D eigenvalue weighted by molar-refractivity contribution is 9.10. The second-order valence-electron chi connectivity index (χ2n) is 3.41. The number of nitrogens with one attached hydrogen (secondary N) is 1. The molecule has 0 unspecified atom stereocenters. The fourth-order valence-electron chi connectivity index (χ4n) is 1.41. The summed E-state index contributed by atoms with van der Waals surface area (Å²) in [5, 5.41) is 0. The Bertz CT molecular complexity index is 599. The third-order valence-corrected chi connectivity index (χ3v) is 3.01. The van der Waals surface area contributed by atoms with Crippen LogP contribution >= 0.6 is 15.9 Å². The van der Waals surface area contributed by atoms with Crippen molar-refractivity contribution in [1.29, 1.82) is 0 Å². The Morgan fingerprint density at radius 1 is 1.47 bits per heavy atom. The molecule has 1 N–H and O–H groups in total. The lowest BCUT2D eigenvalue weighted by Crippen LogP contribution is -2.17. The minimum absolute atomic E-state index is 0.279. The topological polar surface area (TPSA) is 49.0 Å². The second kappa shape index (κ2) is 4.67. The number of H-pyrrole nitrogens is 1. The van der Waals surface area contributed by atoms with Crippen LogP contribution in [-0.2, 0) is 0 Å². The molecule has 1 aromatic carbocycles. The molecule has 1 heterocycles. The number of rotatable bonds is 2. The molecule has 17 heavy (non-hydrogen) atoms. The summed E-state index contributed by atoms with van der Waals surface area (Å²) in [6, 6.07) is 6.06. The van der Waals surface area contributed by atoms with Gasteiger partial charge in [-0.15, -0.1) is 0 Å². The monoisotopic (exact) mass is 297 g/mol. The molecule has 0 aliphatic heterocycles. The molecular weight excluding hydrogens is 289 g/mol. The van der Waals surface area contributed by atoms with Crippen molar-refractivity contribution < 1.29 is 4.39 Å². The van der Waals surface area contributed by atoms with Crippen LogP contribution in [0.5, 0.6) is 0 Å². The van der Waals surface area contributed by atoms with Crippen LogP contribution in [-0.4, -0.2) is 17.0 Å². The fraction of sp³-hybridized carbons (Fsp3) is 0.0909. The zero-order valence-corrected chi connectivity index (χ0v) is 10.5. The van der Waals surface area contributed by atoms with Gasteiger partial charge in [0, 0.05) is 12.7 Å². The number of hydrogen-bond acceptors (Lipinski definition) is 3. The molecular formula is C11H9BrFN3O. The maximum absolute atomic E-state index is 13.1. The normalized spacial score (nSPS) is 10.3.